The minimum atomic E-state index is -0.477. The second-order valence-electron chi connectivity index (χ2n) is 6.28. The molecule has 1 unspecified atom stereocenters. The van der Waals surface area contributed by atoms with Gasteiger partial charge in [0, 0.05) is 25.6 Å². The predicted octanol–water partition coefficient (Wildman–Crippen LogP) is 1.67. The highest BCUT2D eigenvalue weighted by Crippen LogP contribution is 2.29. The molecule has 0 spiro atoms. The maximum Gasteiger partial charge on any atom is 0.219 e. The maximum atomic E-state index is 11.5. The maximum absolute atomic E-state index is 11.5. The van der Waals surface area contributed by atoms with E-state index in [1.807, 2.05) is 6.92 Å². The van der Waals surface area contributed by atoms with Gasteiger partial charge in [0.05, 0.1) is 5.60 Å². The average Bonchev–Trinajstić information content (AvgIpc) is 2.39. The molecule has 1 heterocycles. The minimum absolute atomic E-state index is 0.142. The first kappa shape index (κ1) is 14.8. The van der Waals surface area contributed by atoms with E-state index in [-0.39, 0.29) is 11.9 Å². The van der Waals surface area contributed by atoms with Gasteiger partial charge >= 0.3 is 0 Å². The van der Waals surface area contributed by atoms with Gasteiger partial charge in [0.15, 0.2) is 0 Å². The number of amides is 1. The summed E-state index contributed by atoms with van der Waals surface area (Å²) in [5.74, 6) is 0.142. The van der Waals surface area contributed by atoms with Gasteiger partial charge in [0.2, 0.25) is 5.91 Å². The minimum Gasteiger partial charge on any atom is -0.389 e. The Balaban J connectivity index is 1.81. The molecule has 110 valence electrons. The molecule has 0 bridgehead atoms. The second-order valence-corrected chi connectivity index (χ2v) is 6.28. The number of carbonyl (C=O) groups excluding carboxylic acids is 1. The molecule has 2 fully saturated rings. The number of nitrogens with one attached hydrogen (secondary N) is 1. The number of hydrogen-bond donors (Lipinski definition) is 2. The smallest absolute Gasteiger partial charge is 0.219 e. The van der Waals surface area contributed by atoms with Gasteiger partial charge in [-0.15, -0.1) is 0 Å². The van der Waals surface area contributed by atoms with Crippen molar-refractivity contribution in [3.05, 3.63) is 0 Å². The van der Waals surface area contributed by atoms with Crippen LogP contribution in [0.3, 0.4) is 0 Å². The number of nitrogens with zero attached hydrogens (tertiary/aromatic N) is 1. The number of hydrogen-bond acceptors (Lipinski definition) is 3. The molecule has 0 aromatic carbocycles. The van der Waals surface area contributed by atoms with E-state index < -0.39 is 5.60 Å². The fourth-order valence-corrected chi connectivity index (χ4v) is 3.43. The lowest BCUT2D eigenvalue weighted by Gasteiger charge is -2.40. The molecule has 1 saturated carbocycles. The topological polar surface area (TPSA) is 52.6 Å². The molecule has 4 heteroatoms. The highest BCUT2D eigenvalue weighted by Gasteiger charge is 2.33. The summed E-state index contributed by atoms with van der Waals surface area (Å²) in [6, 6.07) is 0.272. The molecule has 4 nitrogen and oxygen atoms in total. The Morgan fingerprint density at radius 1 is 1.32 bits per heavy atom. The van der Waals surface area contributed by atoms with Gasteiger partial charge in [0.1, 0.15) is 0 Å². The van der Waals surface area contributed by atoms with Crippen molar-refractivity contribution in [1.29, 1.82) is 0 Å². The van der Waals surface area contributed by atoms with Crippen LogP contribution in [0.2, 0.25) is 0 Å². The first-order valence-electron chi connectivity index (χ1n) is 7.85. The standard InChI is InChI=1S/C15H28N2O2/c1-2-14(18)16-13-7-6-10-17(11-13)12-15(19)8-4-3-5-9-15/h13,19H,2-12H2,1H3,(H,16,18). The van der Waals surface area contributed by atoms with Crippen LogP contribution in [0.25, 0.3) is 0 Å². The number of rotatable bonds is 4. The van der Waals surface area contributed by atoms with Crippen molar-refractivity contribution in [2.24, 2.45) is 0 Å². The molecule has 0 aromatic heterocycles. The van der Waals surface area contributed by atoms with Gasteiger partial charge in [-0.3, -0.25) is 9.69 Å². The largest absolute Gasteiger partial charge is 0.389 e. The summed E-state index contributed by atoms with van der Waals surface area (Å²) in [7, 11) is 0. The van der Waals surface area contributed by atoms with Crippen molar-refractivity contribution in [1.82, 2.24) is 10.2 Å². The Labute approximate surface area is 116 Å². The van der Waals surface area contributed by atoms with Crippen LogP contribution in [0, 0.1) is 0 Å². The Hall–Kier alpha value is -0.610. The van der Waals surface area contributed by atoms with E-state index in [4.69, 9.17) is 0 Å². The normalized spacial score (nSPS) is 28.0. The van der Waals surface area contributed by atoms with Crippen LogP contribution < -0.4 is 5.32 Å². The SMILES string of the molecule is CCC(=O)NC1CCCN(CC2(O)CCCCC2)C1. The first-order valence-corrected chi connectivity index (χ1v) is 7.85. The summed E-state index contributed by atoms with van der Waals surface area (Å²) in [6.07, 6.45) is 8.19. The van der Waals surface area contributed by atoms with E-state index >= 15 is 0 Å². The highest BCUT2D eigenvalue weighted by atomic mass is 16.3. The van der Waals surface area contributed by atoms with Crippen molar-refractivity contribution < 1.29 is 9.90 Å². The number of piperidine rings is 1. The van der Waals surface area contributed by atoms with Gasteiger partial charge in [0.25, 0.3) is 0 Å². The molecule has 1 saturated heterocycles. The zero-order chi connectivity index (χ0) is 13.7. The van der Waals surface area contributed by atoms with Crippen molar-refractivity contribution in [2.45, 2.75) is 69.9 Å². The van der Waals surface area contributed by atoms with Crippen molar-refractivity contribution in [3.8, 4) is 0 Å². The Morgan fingerprint density at radius 3 is 2.74 bits per heavy atom. The Bertz CT molecular complexity index is 301. The van der Waals surface area contributed by atoms with Crippen molar-refractivity contribution in [2.75, 3.05) is 19.6 Å². The molecule has 1 amide bonds. The molecule has 1 aliphatic carbocycles. The van der Waals surface area contributed by atoms with Crippen LogP contribution in [0.5, 0.6) is 0 Å². The van der Waals surface area contributed by atoms with Crippen LogP contribution in [0.15, 0.2) is 0 Å². The summed E-state index contributed by atoms with van der Waals surface area (Å²) >= 11 is 0. The van der Waals surface area contributed by atoms with Gasteiger partial charge in [-0.1, -0.05) is 26.2 Å². The molecule has 1 atom stereocenters. The van der Waals surface area contributed by atoms with E-state index in [0.29, 0.717) is 6.42 Å². The van der Waals surface area contributed by atoms with E-state index in [0.717, 1.165) is 58.2 Å². The van der Waals surface area contributed by atoms with Crippen molar-refractivity contribution in [3.63, 3.8) is 0 Å². The van der Waals surface area contributed by atoms with Crippen molar-refractivity contribution >= 4 is 5.91 Å². The summed E-state index contributed by atoms with van der Waals surface area (Å²) in [5, 5.41) is 13.7. The molecular formula is C15H28N2O2. The molecule has 1 aliphatic heterocycles. The van der Waals surface area contributed by atoms with Crippen LogP contribution >= 0.6 is 0 Å². The summed E-state index contributed by atoms with van der Waals surface area (Å²) in [5.41, 5.74) is -0.477. The van der Waals surface area contributed by atoms with Crippen LogP contribution in [-0.4, -0.2) is 47.2 Å². The van der Waals surface area contributed by atoms with Gasteiger partial charge in [-0.05, 0) is 32.2 Å². The van der Waals surface area contributed by atoms with E-state index in [1.165, 1.54) is 6.42 Å². The summed E-state index contributed by atoms with van der Waals surface area (Å²) in [4.78, 5) is 13.8. The molecule has 19 heavy (non-hydrogen) atoms. The molecule has 2 rings (SSSR count). The zero-order valence-electron chi connectivity index (χ0n) is 12.2. The molecule has 2 aliphatic rings. The third-order valence-electron chi connectivity index (χ3n) is 4.49. The summed E-state index contributed by atoms with van der Waals surface area (Å²) < 4.78 is 0. The van der Waals surface area contributed by atoms with E-state index in [1.54, 1.807) is 0 Å². The number of carbonyl (C=O) groups is 1. The summed E-state index contributed by atoms with van der Waals surface area (Å²) in [6.45, 7) is 4.63. The van der Waals surface area contributed by atoms with E-state index in [9.17, 15) is 9.90 Å². The fourth-order valence-electron chi connectivity index (χ4n) is 3.43. The lowest BCUT2D eigenvalue weighted by atomic mass is 9.84. The monoisotopic (exact) mass is 268 g/mol. The van der Waals surface area contributed by atoms with Gasteiger partial charge in [-0.25, -0.2) is 0 Å². The second kappa shape index (κ2) is 6.71. The third-order valence-corrected chi connectivity index (χ3v) is 4.49. The van der Waals surface area contributed by atoms with Crippen LogP contribution in [0.1, 0.15) is 58.3 Å². The Morgan fingerprint density at radius 2 is 2.05 bits per heavy atom. The molecule has 0 aromatic rings. The molecule has 0 radical (unpaired) electrons. The van der Waals surface area contributed by atoms with Gasteiger partial charge < -0.3 is 10.4 Å². The number of aliphatic hydroxyl groups is 1. The highest BCUT2D eigenvalue weighted by molar-refractivity contribution is 5.75. The van der Waals surface area contributed by atoms with Gasteiger partial charge in [-0.2, -0.15) is 0 Å². The predicted molar refractivity (Wildman–Crippen MR) is 75.9 cm³/mol. The fraction of sp³-hybridized carbons (Fsp3) is 0.933. The molecule has 2 N–H and O–H groups in total. The Kier molecular flexibility index (Phi) is 5.22. The first-order chi connectivity index (χ1) is 9.11. The third kappa shape index (κ3) is 4.46. The van der Waals surface area contributed by atoms with Crippen LogP contribution in [-0.2, 0) is 4.79 Å². The van der Waals surface area contributed by atoms with E-state index in [2.05, 4.69) is 10.2 Å². The quantitative estimate of drug-likeness (QED) is 0.815. The van der Waals surface area contributed by atoms with Crippen LogP contribution in [0.4, 0.5) is 0 Å². The zero-order valence-corrected chi connectivity index (χ0v) is 12.2. The number of β-amino-alcohol motifs (C(OH)–C–C–N with tert-alkyl or cyclic N) is 1. The number of likely N-dealkylation sites (tertiary alicyclic amines) is 1. The molecular weight excluding hydrogens is 240 g/mol. The lowest BCUT2D eigenvalue weighted by Crippen LogP contribution is -2.52. The lowest BCUT2D eigenvalue weighted by molar-refractivity contribution is -0.122. The average molecular weight is 268 g/mol.